The van der Waals surface area contributed by atoms with Crippen LogP contribution in [0.3, 0.4) is 0 Å². The number of carbonyl (C=O) groups excluding carboxylic acids is 3. The molecule has 0 radical (unpaired) electrons. The summed E-state index contributed by atoms with van der Waals surface area (Å²) in [6, 6.07) is 12.1. The average Bonchev–Trinajstić information content (AvgIpc) is 3.55. The van der Waals surface area contributed by atoms with Gasteiger partial charge >= 0.3 is 0 Å². The number of carbonyl (C=O) groups is 3. The molecule has 14 heteroatoms. The Labute approximate surface area is 261 Å². The van der Waals surface area contributed by atoms with Crippen molar-refractivity contribution in [1.29, 1.82) is 0 Å². The fourth-order valence-electron chi connectivity index (χ4n) is 5.64. The van der Waals surface area contributed by atoms with Crippen LogP contribution in [0.25, 0.3) is 33.4 Å². The molecule has 0 unspecified atom stereocenters. The third-order valence-electron chi connectivity index (χ3n) is 7.75. The Morgan fingerprint density at radius 3 is 2.37 bits per heavy atom. The number of nitrogens with two attached hydrogens (primary N) is 1. The van der Waals surface area contributed by atoms with E-state index in [1.807, 2.05) is 0 Å². The molecule has 2 heterocycles. The summed E-state index contributed by atoms with van der Waals surface area (Å²) in [6.07, 6.45) is 0.0151. The summed E-state index contributed by atoms with van der Waals surface area (Å²) in [6.45, 7) is -1.03. The van der Waals surface area contributed by atoms with Gasteiger partial charge in [0.05, 0.1) is 30.6 Å². The van der Waals surface area contributed by atoms with Gasteiger partial charge in [0, 0.05) is 41.0 Å². The molecule has 1 fully saturated rings. The molecule has 1 aliphatic rings. The minimum Gasteiger partial charge on any atom is -0.455 e. The lowest BCUT2D eigenvalue weighted by atomic mass is 9.95. The second-order valence-corrected chi connectivity index (χ2v) is 12.9. The van der Waals surface area contributed by atoms with Gasteiger partial charge in [0.15, 0.2) is 5.78 Å². The quantitative estimate of drug-likeness (QED) is 0.175. The fraction of sp³-hybridized carbons (Fsp3) is 0.281. The van der Waals surface area contributed by atoms with Gasteiger partial charge in [-0.25, -0.2) is 26.0 Å². The Balaban J connectivity index is 1.75. The third kappa shape index (κ3) is 6.21. The Bertz CT molecular complexity index is 1960. The molecular weight excluding hydrogens is 630 g/mol. The number of furan rings is 1. The highest BCUT2D eigenvalue weighted by atomic mass is 32.2. The van der Waals surface area contributed by atoms with Crippen LogP contribution in [0, 0.1) is 5.82 Å². The van der Waals surface area contributed by atoms with Gasteiger partial charge in [-0.05, 0) is 48.0 Å². The molecule has 1 aromatic heterocycles. The largest absolute Gasteiger partial charge is 0.455 e. The fourth-order valence-corrected chi connectivity index (χ4v) is 6.55. The van der Waals surface area contributed by atoms with E-state index in [-0.39, 0.29) is 56.9 Å². The van der Waals surface area contributed by atoms with Crippen molar-refractivity contribution < 1.29 is 44.8 Å². The zero-order valence-electron chi connectivity index (χ0n) is 24.7. The number of amides is 2. The van der Waals surface area contributed by atoms with Gasteiger partial charge < -0.3 is 15.1 Å². The minimum absolute atomic E-state index is 0.0464. The Morgan fingerprint density at radius 1 is 1.07 bits per heavy atom. The van der Waals surface area contributed by atoms with E-state index in [9.17, 15) is 40.4 Å². The maximum absolute atomic E-state index is 14.2. The molecule has 0 aliphatic carbocycles. The molecular formula is C32H29F4N3O6S. The van der Waals surface area contributed by atoms with Crippen LogP contribution in [-0.4, -0.2) is 68.9 Å². The maximum atomic E-state index is 14.2. The molecule has 242 valence electrons. The van der Waals surface area contributed by atoms with Crippen molar-refractivity contribution in [2.45, 2.75) is 31.7 Å². The molecule has 4 aromatic rings. The maximum Gasteiger partial charge on any atom is 0.267 e. The van der Waals surface area contributed by atoms with Gasteiger partial charge in [-0.1, -0.05) is 19.1 Å². The van der Waals surface area contributed by atoms with Gasteiger partial charge in [0.25, 0.3) is 11.8 Å². The van der Waals surface area contributed by atoms with Crippen molar-refractivity contribution in [3.05, 3.63) is 77.6 Å². The lowest BCUT2D eigenvalue weighted by molar-refractivity contribution is -0.121. The van der Waals surface area contributed by atoms with Gasteiger partial charge in [-0.3, -0.25) is 18.7 Å². The molecule has 0 spiro atoms. The molecule has 3 aromatic carbocycles. The van der Waals surface area contributed by atoms with Crippen molar-refractivity contribution in [2.24, 2.45) is 5.73 Å². The second-order valence-electron chi connectivity index (χ2n) is 11.0. The van der Waals surface area contributed by atoms with Crippen molar-refractivity contribution in [2.75, 3.05) is 30.3 Å². The zero-order chi connectivity index (χ0) is 33.6. The summed E-state index contributed by atoms with van der Waals surface area (Å²) in [5.41, 5.74) is 6.13. The first-order valence-corrected chi connectivity index (χ1v) is 16.0. The number of benzene rings is 3. The topological polar surface area (TPSA) is 131 Å². The predicted molar refractivity (Wildman–Crippen MR) is 163 cm³/mol. The van der Waals surface area contributed by atoms with Crippen LogP contribution >= 0.6 is 0 Å². The molecule has 1 atom stereocenters. The first-order chi connectivity index (χ1) is 21.6. The van der Waals surface area contributed by atoms with Gasteiger partial charge in [0.2, 0.25) is 15.9 Å². The van der Waals surface area contributed by atoms with Crippen LogP contribution in [0.5, 0.6) is 0 Å². The summed E-state index contributed by atoms with van der Waals surface area (Å²) in [5, 5.41) is 0.267. The number of hydrogen-bond donors (Lipinski definition) is 1. The van der Waals surface area contributed by atoms with E-state index in [1.54, 1.807) is 6.92 Å². The monoisotopic (exact) mass is 659 g/mol. The van der Waals surface area contributed by atoms with Gasteiger partial charge in [-0.15, -0.1) is 0 Å². The summed E-state index contributed by atoms with van der Waals surface area (Å²) in [5.74, 6) is -6.07. The van der Waals surface area contributed by atoms with Crippen molar-refractivity contribution in [1.82, 2.24) is 4.90 Å². The molecule has 1 saturated heterocycles. The van der Waals surface area contributed by atoms with Crippen LogP contribution in [0.1, 0.15) is 40.5 Å². The highest BCUT2D eigenvalue weighted by molar-refractivity contribution is 7.92. The number of fused-ring (bicyclic) bond motifs is 1. The smallest absolute Gasteiger partial charge is 0.267 e. The number of sulfonamides is 1. The first kappa shape index (κ1) is 32.7. The van der Waals surface area contributed by atoms with Crippen molar-refractivity contribution >= 4 is 44.3 Å². The average molecular weight is 660 g/mol. The summed E-state index contributed by atoms with van der Waals surface area (Å²) in [4.78, 5) is 39.3. The van der Waals surface area contributed by atoms with E-state index >= 15 is 0 Å². The molecule has 9 nitrogen and oxygen atoms in total. The van der Waals surface area contributed by atoms with Crippen LogP contribution in [-0.2, 0) is 14.8 Å². The number of nitrogens with zero attached hydrogens (tertiary/aromatic N) is 2. The summed E-state index contributed by atoms with van der Waals surface area (Å²) < 4.78 is 88.6. The molecule has 2 amide bonds. The van der Waals surface area contributed by atoms with E-state index in [4.69, 9.17) is 10.2 Å². The lowest BCUT2D eigenvalue weighted by Gasteiger charge is -2.25. The van der Waals surface area contributed by atoms with E-state index in [1.165, 1.54) is 60.7 Å². The third-order valence-corrected chi connectivity index (χ3v) is 8.93. The molecule has 1 aliphatic heterocycles. The van der Waals surface area contributed by atoms with E-state index in [0.717, 1.165) is 10.6 Å². The normalized spacial score (nSPS) is 16.1. The van der Waals surface area contributed by atoms with E-state index in [0.29, 0.717) is 10.5 Å². The van der Waals surface area contributed by atoms with Crippen LogP contribution in [0.4, 0.5) is 23.2 Å². The summed E-state index contributed by atoms with van der Waals surface area (Å²) in [7, 11) is -4.10. The number of rotatable bonds is 10. The Kier molecular flexibility index (Phi) is 8.69. The zero-order valence-corrected chi connectivity index (χ0v) is 25.5. The van der Waals surface area contributed by atoms with Crippen molar-refractivity contribution in [3.8, 4) is 22.5 Å². The molecule has 0 saturated carbocycles. The number of anilines is 1. The van der Waals surface area contributed by atoms with Crippen LogP contribution < -0.4 is 10.0 Å². The highest BCUT2D eigenvalue weighted by Crippen LogP contribution is 2.42. The van der Waals surface area contributed by atoms with Crippen LogP contribution in [0.2, 0.25) is 0 Å². The number of primary amides is 1. The van der Waals surface area contributed by atoms with Gasteiger partial charge in [0.1, 0.15) is 29.9 Å². The van der Waals surface area contributed by atoms with E-state index < -0.39 is 65.8 Å². The lowest BCUT2D eigenvalue weighted by Crippen LogP contribution is -2.43. The minimum atomic E-state index is -4.10. The molecule has 5 rings (SSSR count). The second kappa shape index (κ2) is 12.2. The highest BCUT2D eigenvalue weighted by Gasteiger charge is 2.49. The first-order valence-electron chi connectivity index (χ1n) is 14.2. The number of ketones is 1. The van der Waals surface area contributed by atoms with Crippen LogP contribution in [0.15, 0.2) is 65.1 Å². The Hall–Kier alpha value is -4.72. The molecule has 0 bridgehead atoms. The summed E-state index contributed by atoms with van der Waals surface area (Å²) >= 11 is 0. The molecule has 2 N–H and O–H groups in total. The standard InChI is InChI=1S/C32H29F4N3O6S/c1-3-26(40)28-23-14-22(19-5-4-6-20(13-19)31(42)38-17-32(35,36)16-25(38)30(37)41)24(39(12-11-33)46(2,43)44)15-27(23)45-29(28)18-7-9-21(34)10-8-18/h4-10,13-15,25H,3,11-12,16-17H2,1-2H3,(H2,37,41)/t25-/m0/s1. The Morgan fingerprint density at radius 2 is 1.76 bits per heavy atom. The number of Topliss-reactive ketones (excluding diaryl/α,β-unsaturated/α-hetero) is 1. The van der Waals surface area contributed by atoms with Gasteiger partial charge in [-0.2, -0.15) is 0 Å². The number of halogens is 4. The number of hydrogen-bond acceptors (Lipinski definition) is 6. The number of alkyl halides is 3. The predicted octanol–water partition coefficient (Wildman–Crippen LogP) is 5.57. The van der Waals surface area contributed by atoms with Crippen molar-refractivity contribution in [3.63, 3.8) is 0 Å². The number of likely N-dealkylation sites (tertiary alicyclic amines) is 1. The SMILES string of the molecule is CCC(=O)c1c(-c2ccc(F)cc2)oc2cc(N(CCF)S(C)(=O)=O)c(-c3cccc(C(=O)N4CC(F)(F)C[C@H]4C(N)=O)c3)cc12. The van der Waals surface area contributed by atoms with E-state index in [2.05, 4.69) is 0 Å². The molecule has 46 heavy (non-hydrogen) atoms.